The number of benzene rings is 7. The Morgan fingerprint density at radius 1 is 0.442 bits per heavy atom. The quantitative estimate of drug-likeness (QED) is 0.175. The summed E-state index contributed by atoms with van der Waals surface area (Å²) in [4.78, 5) is 15.7. The van der Waals surface area contributed by atoms with E-state index in [1.54, 1.807) is 0 Å². The zero-order valence-electron chi connectivity index (χ0n) is 28.0. The number of hydrogen-bond donors (Lipinski definition) is 0. The lowest BCUT2D eigenvalue weighted by Crippen LogP contribution is -2.04. The van der Waals surface area contributed by atoms with Crippen molar-refractivity contribution in [1.29, 1.82) is 0 Å². The standard InChI is InChI=1S/C47H29N3O2/c1-2-12-28(13-3-1)45-48-46(50-47(49-45)38-27-29-14-4-5-15-31(29)33-16-6-7-17-34(33)38)36-20-11-23-42-44(36)43-32(19-10-22-41(43)52-42)30-24-25-40-37(26-30)35-18-8-9-21-39(35)51-40/h1-2,4-12,14-27H,3,13H2. The highest BCUT2D eigenvalue weighted by atomic mass is 16.3. The number of hydrogen-bond acceptors (Lipinski definition) is 5. The molecule has 0 amide bonds. The molecule has 0 unspecified atom stereocenters. The van der Waals surface area contributed by atoms with E-state index in [9.17, 15) is 0 Å². The van der Waals surface area contributed by atoms with Crippen LogP contribution in [0.1, 0.15) is 18.7 Å². The molecule has 11 rings (SSSR count). The lowest BCUT2D eigenvalue weighted by molar-refractivity contribution is 0.669. The molecule has 5 heteroatoms. The van der Waals surface area contributed by atoms with Gasteiger partial charge >= 0.3 is 0 Å². The van der Waals surface area contributed by atoms with Gasteiger partial charge in [0, 0.05) is 32.7 Å². The predicted molar refractivity (Wildman–Crippen MR) is 212 cm³/mol. The van der Waals surface area contributed by atoms with Crippen LogP contribution >= 0.6 is 0 Å². The molecule has 244 valence electrons. The first-order valence-corrected chi connectivity index (χ1v) is 17.7. The second-order valence-corrected chi connectivity index (χ2v) is 13.4. The fourth-order valence-corrected chi connectivity index (χ4v) is 7.98. The fraction of sp³-hybridized carbons (Fsp3) is 0.0426. The van der Waals surface area contributed by atoms with Gasteiger partial charge in [0.25, 0.3) is 0 Å². The zero-order valence-corrected chi connectivity index (χ0v) is 28.0. The first-order chi connectivity index (χ1) is 25.8. The number of fused-ring (bicyclic) bond motifs is 9. The molecular formula is C47H29N3O2. The van der Waals surface area contributed by atoms with Gasteiger partial charge in [-0.1, -0.05) is 115 Å². The summed E-state index contributed by atoms with van der Waals surface area (Å²) < 4.78 is 12.7. The first-order valence-electron chi connectivity index (χ1n) is 17.7. The molecule has 1 aliphatic rings. The molecule has 3 heterocycles. The molecule has 0 spiro atoms. The molecule has 0 saturated heterocycles. The maximum atomic E-state index is 6.58. The Kier molecular flexibility index (Phi) is 6.31. The van der Waals surface area contributed by atoms with Crippen LogP contribution in [0.3, 0.4) is 0 Å². The molecule has 10 aromatic rings. The number of furan rings is 2. The van der Waals surface area contributed by atoms with E-state index in [1.165, 1.54) is 10.8 Å². The van der Waals surface area contributed by atoms with Crippen LogP contribution in [0.4, 0.5) is 0 Å². The van der Waals surface area contributed by atoms with E-state index in [4.69, 9.17) is 23.8 Å². The predicted octanol–water partition coefficient (Wildman–Crippen LogP) is 12.7. The maximum Gasteiger partial charge on any atom is 0.164 e. The van der Waals surface area contributed by atoms with Crippen molar-refractivity contribution >= 4 is 71.0 Å². The topological polar surface area (TPSA) is 65.0 Å². The summed E-state index contributed by atoms with van der Waals surface area (Å²) in [6, 6.07) is 46.3. The third-order valence-electron chi connectivity index (χ3n) is 10.4. The van der Waals surface area contributed by atoms with Crippen LogP contribution in [0.5, 0.6) is 0 Å². The lowest BCUT2D eigenvalue weighted by atomic mass is 9.95. The zero-order chi connectivity index (χ0) is 34.2. The van der Waals surface area contributed by atoms with Crippen molar-refractivity contribution in [3.63, 3.8) is 0 Å². The minimum absolute atomic E-state index is 0.618. The van der Waals surface area contributed by atoms with Crippen molar-refractivity contribution in [2.75, 3.05) is 0 Å². The fourth-order valence-electron chi connectivity index (χ4n) is 7.98. The highest BCUT2D eigenvalue weighted by Crippen LogP contribution is 2.43. The molecule has 0 saturated carbocycles. The Morgan fingerprint density at radius 3 is 1.90 bits per heavy atom. The summed E-state index contributed by atoms with van der Waals surface area (Å²) >= 11 is 0. The highest BCUT2D eigenvalue weighted by molar-refractivity contribution is 6.18. The van der Waals surface area contributed by atoms with Gasteiger partial charge in [0.15, 0.2) is 17.5 Å². The molecule has 0 radical (unpaired) electrons. The van der Waals surface area contributed by atoms with Crippen LogP contribution in [0.2, 0.25) is 0 Å². The minimum atomic E-state index is 0.618. The minimum Gasteiger partial charge on any atom is -0.456 e. The molecule has 0 aliphatic heterocycles. The van der Waals surface area contributed by atoms with Gasteiger partial charge in [0.2, 0.25) is 0 Å². The van der Waals surface area contributed by atoms with Gasteiger partial charge in [-0.05, 0) is 87.5 Å². The average Bonchev–Trinajstić information content (AvgIpc) is 3.79. The van der Waals surface area contributed by atoms with Crippen LogP contribution in [-0.4, -0.2) is 15.0 Å². The largest absolute Gasteiger partial charge is 0.456 e. The third-order valence-corrected chi connectivity index (χ3v) is 10.4. The third kappa shape index (κ3) is 4.46. The van der Waals surface area contributed by atoms with Gasteiger partial charge in [0.1, 0.15) is 22.3 Å². The summed E-state index contributed by atoms with van der Waals surface area (Å²) in [5.74, 6) is 1.97. The molecule has 0 bridgehead atoms. The smallest absolute Gasteiger partial charge is 0.164 e. The van der Waals surface area contributed by atoms with Crippen molar-refractivity contribution in [2.45, 2.75) is 12.8 Å². The van der Waals surface area contributed by atoms with E-state index in [2.05, 4.69) is 121 Å². The van der Waals surface area contributed by atoms with E-state index in [1.807, 2.05) is 30.3 Å². The van der Waals surface area contributed by atoms with Crippen LogP contribution < -0.4 is 0 Å². The summed E-state index contributed by atoms with van der Waals surface area (Å²) in [5.41, 5.74) is 8.50. The summed E-state index contributed by atoms with van der Waals surface area (Å²) in [6.45, 7) is 0. The van der Waals surface area contributed by atoms with E-state index in [0.29, 0.717) is 17.5 Å². The molecule has 0 atom stereocenters. The van der Waals surface area contributed by atoms with Crippen LogP contribution in [0.25, 0.3) is 105 Å². The number of para-hydroxylation sites is 1. The molecule has 3 aromatic heterocycles. The molecular weight excluding hydrogens is 639 g/mol. The normalized spacial score (nSPS) is 13.3. The second-order valence-electron chi connectivity index (χ2n) is 13.4. The molecule has 0 fully saturated rings. The van der Waals surface area contributed by atoms with Crippen LogP contribution in [0, 0.1) is 0 Å². The maximum absolute atomic E-state index is 6.58. The number of rotatable bonds is 4. The van der Waals surface area contributed by atoms with Gasteiger partial charge in [0.05, 0.1) is 0 Å². The highest BCUT2D eigenvalue weighted by Gasteiger charge is 2.22. The Morgan fingerprint density at radius 2 is 1.08 bits per heavy atom. The van der Waals surface area contributed by atoms with Crippen LogP contribution in [0.15, 0.2) is 161 Å². The van der Waals surface area contributed by atoms with Gasteiger partial charge in [-0.3, -0.25) is 0 Å². The van der Waals surface area contributed by atoms with Crippen molar-refractivity contribution in [3.05, 3.63) is 158 Å². The first kappa shape index (κ1) is 28.9. The van der Waals surface area contributed by atoms with E-state index >= 15 is 0 Å². The lowest BCUT2D eigenvalue weighted by Gasteiger charge is -2.14. The Labute approximate surface area is 298 Å². The van der Waals surface area contributed by atoms with E-state index in [0.717, 1.165) is 95.3 Å². The average molecular weight is 668 g/mol. The van der Waals surface area contributed by atoms with Crippen LogP contribution in [-0.2, 0) is 0 Å². The van der Waals surface area contributed by atoms with Crippen molar-refractivity contribution < 1.29 is 8.83 Å². The summed E-state index contributed by atoms with van der Waals surface area (Å²) in [5, 5.41) is 8.83. The Hall–Kier alpha value is -6.85. The van der Waals surface area contributed by atoms with Crippen molar-refractivity contribution in [1.82, 2.24) is 15.0 Å². The van der Waals surface area contributed by atoms with Crippen molar-refractivity contribution in [2.24, 2.45) is 0 Å². The molecule has 0 N–H and O–H groups in total. The molecule has 7 aromatic carbocycles. The summed E-state index contributed by atoms with van der Waals surface area (Å²) in [6.07, 6.45) is 8.23. The number of aromatic nitrogens is 3. The van der Waals surface area contributed by atoms with Gasteiger partial charge in [-0.25, -0.2) is 15.0 Å². The summed E-state index contributed by atoms with van der Waals surface area (Å²) in [7, 11) is 0. The second kappa shape index (κ2) is 11.3. The van der Waals surface area contributed by atoms with E-state index < -0.39 is 0 Å². The molecule has 5 nitrogen and oxygen atoms in total. The van der Waals surface area contributed by atoms with Gasteiger partial charge < -0.3 is 8.83 Å². The Balaban J connectivity index is 1.18. The number of allylic oxidation sites excluding steroid dienone is 4. The SMILES string of the molecule is C1=CCCC(c2nc(-c3cc4ccccc4c4ccccc34)nc(-c3cccc4oc5cccc(-c6ccc7oc8ccccc8c7c6)c5c34)n2)=C1. The number of nitrogens with zero attached hydrogens (tertiary/aromatic N) is 3. The molecule has 1 aliphatic carbocycles. The van der Waals surface area contributed by atoms with Gasteiger partial charge in [-0.2, -0.15) is 0 Å². The van der Waals surface area contributed by atoms with Gasteiger partial charge in [-0.15, -0.1) is 0 Å². The van der Waals surface area contributed by atoms with E-state index in [-0.39, 0.29) is 0 Å². The molecule has 52 heavy (non-hydrogen) atoms. The van der Waals surface area contributed by atoms with Crippen molar-refractivity contribution in [3.8, 4) is 33.9 Å². The monoisotopic (exact) mass is 667 g/mol. The Bertz CT molecular complexity index is 3140.